The van der Waals surface area contributed by atoms with Gasteiger partial charge in [-0.1, -0.05) is 19.9 Å². The van der Waals surface area contributed by atoms with Gasteiger partial charge in [0.25, 0.3) is 0 Å². The topological polar surface area (TPSA) is 66.5 Å². The monoisotopic (exact) mass is 330 g/mol. The molecule has 1 aromatic carbocycles. The average molecular weight is 330 g/mol. The van der Waals surface area contributed by atoms with Crippen molar-refractivity contribution in [3.8, 4) is 0 Å². The Balaban J connectivity index is 2.55. The van der Waals surface area contributed by atoms with Crippen LogP contribution in [0.5, 0.6) is 0 Å². The van der Waals surface area contributed by atoms with Gasteiger partial charge in [-0.3, -0.25) is 4.79 Å². The molecule has 0 spiro atoms. The highest BCUT2D eigenvalue weighted by Gasteiger charge is 2.18. The van der Waals surface area contributed by atoms with Crippen LogP contribution in [0.1, 0.15) is 26.7 Å². The molecule has 0 aliphatic heterocycles. The van der Waals surface area contributed by atoms with Crippen LogP contribution in [0.15, 0.2) is 24.3 Å². The van der Waals surface area contributed by atoms with Crippen LogP contribution in [0.25, 0.3) is 0 Å². The zero-order valence-corrected chi connectivity index (χ0v) is 14.0. The first-order valence-electron chi connectivity index (χ1n) is 7.19. The van der Waals surface area contributed by atoms with Gasteiger partial charge in [0.05, 0.1) is 6.26 Å². The number of halogens is 1. The van der Waals surface area contributed by atoms with Crippen molar-refractivity contribution in [1.82, 2.24) is 4.31 Å². The molecule has 0 heterocycles. The maximum absolute atomic E-state index is 13.0. The molecule has 1 rings (SSSR count). The Morgan fingerprint density at radius 3 is 2.55 bits per heavy atom. The van der Waals surface area contributed by atoms with Crippen LogP contribution in [0.2, 0.25) is 0 Å². The molecule has 22 heavy (non-hydrogen) atoms. The van der Waals surface area contributed by atoms with Gasteiger partial charge in [0.15, 0.2) is 0 Å². The van der Waals surface area contributed by atoms with Gasteiger partial charge in [-0.05, 0) is 30.5 Å². The molecule has 0 atom stereocenters. The summed E-state index contributed by atoms with van der Waals surface area (Å²) < 4.78 is 37.7. The number of sulfonamides is 1. The number of hydrogen-bond donors (Lipinski definition) is 1. The minimum atomic E-state index is -3.34. The number of nitrogens with zero attached hydrogens (tertiary/aromatic N) is 1. The molecule has 1 amide bonds. The highest BCUT2D eigenvalue weighted by Crippen LogP contribution is 2.11. The second-order valence-corrected chi connectivity index (χ2v) is 7.64. The Morgan fingerprint density at radius 2 is 2.00 bits per heavy atom. The van der Waals surface area contributed by atoms with Gasteiger partial charge in [0.1, 0.15) is 5.82 Å². The van der Waals surface area contributed by atoms with E-state index in [2.05, 4.69) is 5.32 Å². The number of anilines is 1. The Morgan fingerprint density at radius 1 is 1.32 bits per heavy atom. The third-order valence-electron chi connectivity index (χ3n) is 3.12. The molecule has 0 bridgehead atoms. The summed E-state index contributed by atoms with van der Waals surface area (Å²) in [5.41, 5.74) is 0.359. The zero-order valence-electron chi connectivity index (χ0n) is 13.2. The fraction of sp³-hybridized carbons (Fsp3) is 0.533. The molecule has 5 nitrogen and oxygen atoms in total. The van der Waals surface area contributed by atoms with E-state index < -0.39 is 15.8 Å². The number of rotatable bonds is 8. The number of hydrogen-bond acceptors (Lipinski definition) is 3. The molecule has 0 unspecified atom stereocenters. The Labute approximate surface area is 131 Å². The van der Waals surface area contributed by atoms with Crippen molar-refractivity contribution >= 4 is 21.6 Å². The second kappa shape index (κ2) is 8.24. The van der Waals surface area contributed by atoms with Crippen LogP contribution in [0, 0.1) is 11.7 Å². The summed E-state index contributed by atoms with van der Waals surface area (Å²) in [7, 11) is -3.34. The largest absolute Gasteiger partial charge is 0.326 e. The van der Waals surface area contributed by atoms with Crippen LogP contribution >= 0.6 is 0 Å². The number of carbonyl (C=O) groups excluding carboxylic acids is 1. The third-order valence-corrected chi connectivity index (χ3v) is 4.42. The molecule has 1 aromatic rings. The van der Waals surface area contributed by atoms with Crippen molar-refractivity contribution in [2.75, 3.05) is 24.7 Å². The molecule has 7 heteroatoms. The molecule has 0 aliphatic rings. The first kappa shape index (κ1) is 18.6. The average Bonchev–Trinajstić information content (AvgIpc) is 2.36. The summed E-state index contributed by atoms with van der Waals surface area (Å²) in [6.45, 7) is 4.53. The van der Waals surface area contributed by atoms with Gasteiger partial charge in [-0.15, -0.1) is 0 Å². The summed E-state index contributed by atoms with van der Waals surface area (Å²) in [6.07, 6.45) is 1.90. The lowest BCUT2D eigenvalue weighted by atomic mass is 10.1. The predicted octanol–water partition coefficient (Wildman–Crippen LogP) is 2.46. The van der Waals surface area contributed by atoms with Gasteiger partial charge in [0.2, 0.25) is 15.9 Å². The lowest BCUT2D eigenvalue weighted by molar-refractivity contribution is -0.116. The smallest absolute Gasteiger partial charge is 0.225 e. The van der Waals surface area contributed by atoms with E-state index >= 15 is 0 Å². The fourth-order valence-corrected chi connectivity index (χ4v) is 2.72. The van der Waals surface area contributed by atoms with Crippen LogP contribution in [-0.4, -0.2) is 38.0 Å². The predicted molar refractivity (Wildman–Crippen MR) is 85.5 cm³/mol. The van der Waals surface area contributed by atoms with Crippen molar-refractivity contribution < 1.29 is 17.6 Å². The summed E-state index contributed by atoms with van der Waals surface area (Å²) in [6, 6.07) is 5.57. The van der Waals surface area contributed by atoms with E-state index in [1.54, 1.807) is 6.07 Å². The molecule has 1 N–H and O–H groups in total. The zero-order chi connectivity index (χ0) is 16.8. The van der Waals surface area contributed by atoms with Crippen LogP contribution in [-0.2, 0) is 14.8 Å². The maximum atomic E-state index is 13.0. The van der Waals surface area contributed by atoms with Crippen molar-refractivity contribution in [1.29, 1.82) is 0 Å². The number of amides is 1. The Hall–Kier alpha value is -1.47. The number of nitrogens with one attached hydrogen (secondary N) is 1. The van der Waals surface area contributed by atoms with E-state index in [0.29, 0.717) is 18.2 Å². The first-order chi connectivity index (χ1) is 10.2. The van der Waals surface area contributed by atoms with E-state index in [1.165, 1.54) is 22.5 Å². The van der Waals surface area contributed by atoms with E-state index in [9.17, 15) is 17.6 Å². The Bertz CT molecular complexity index is 603. The summed E-state index contributed by atoms with van der Waals surface area (Å²) in [5.74, 6) is -0.401. The standard InChI is InChI=1S/C15H23FN2O3S/c1-12(2)7-9-18(22(3,20)21)10-8-15(19)17-14-6-4-5-13(16)11-14/h4-6,11-12H,7-10H2,1-3H3,(H,17,19). The highest BCUT2D eigenvalue weighted by molar-refractivity contribution is 7.88. The van der Waals surface area contributed by atoms with Crippen molar-refractivity contribution in [3.63, 3.8) is 0 Å². The summed E-state index contributed by atoms with van der Waals surface area (Å²) >= 11 is 0. The SMILES string of the molecule is CC(C)CCN(CCC(=O)Nc1cccc(F)c1)S(C)(=O)=O. The van der Waals surface area contributed by atoms with Gasteiger partial charge < -0.3 is 5.32 Å². The molecule has 0 aromatic heterocycles. The van der Waals surface area contributed by atoms with Crippen LogP contribution in [0.3, 0.4) is 0 Å². The van der Waals surface area contributed by atoms with E-state index in [0.717, 1.165) is 12.7 Å². The van der Waals surface area contributed by atoms with Crippen LogP contribution in [0.4, 0.5) is 10.1 Å². The van der Waals surface area contributed by atoms with Crippen molar-refractivity contribution in [2.24, 2.45) is 5.92 Å². The normalized spacial score (nSPS) is 11.9. The molecule has 0 radical (unpaired) electrons. The van der Waals surface area contributed by atoms with Gasteiger partial charge in [-0.2, -0.15) is 0 Å². The van der Waals surface area contributed by atoms with Gasteiger partial charge in [0, 0.05) is 25.2 Å². The summed E-state index contributed by atoms with van der Waals surface area (Å²) in [4.78, 5) is 11.8. The van der Waals surface area contributed by atoms with Crippen molar-refractivity contribution in [3.05, 3.63) is 30.1 Å². The van der Waals surface area contributed by atoms with E-state index in [4.69, 9.17) is 0 Å². The molecule has 0 saturated carbocycles. The van der Waals surface area contributed by atoms with E-state index in [-0.39, 0.29) is 18.9 Å². The Kier molecular flexibility index (Phi) is 6.96. The lowest BCUT2D eigenvalue weighted by Crippen LogP contribution is -2.34. The maximum Gasteiger partial charge on any atom is 0.225 e. The highest BCUT2D eigenvalue weighted by atomic mass is 32.2. The van der Waals surface area contributed by atoms with Crippen molar-refractivity contribution in [2.45, 2.75) is 26.7 Å². The minimum Gasteiger partial charge on any atom is -0.326 e. The third kappa shape index (κ3) is 7.00. The number of carbonyl (C=O) groups is 1. The molecule has 0 saturated heterocycles. The minimum absolute atomic E-state index is 0.0294. The van der Waals surface area contributed by atoms with Crippen LogP contribution < -0.4 is 5.32 Å². The fourth-order valence-electron chi connectivity index (χ4n) is 1.86. The first-order valence-corrected chi connectivity index (χ1v) is 9.04. The van der Waals surface area contributed by atoms with Gasteiger partial charge >= 0.3 is 0 Å². The molecule has 124 valence electrons. The molecular formula is C15H23FN2O3S. The summed E-state index contributed by atoms with van der Waals surface area (Å²) in [5, 5.41) is 2.55. The van der Waals surface area contributed by atoms with E-state index in [1.807, 2.05) is 13.8 Å². The molecule has 0 aliphatic carbocycles. The second-order valence-electron chi connectivity index (χ2n) is 5.65. The number of benzene rings is 1. The molecule has 0 fully saturated rings. The van der Waals surface area contributed by atoms with Gasteiger partial charge in [-0.25, -0.2) is 17.1 Å². The quantitative estimate of drug-likeness (QED) is 0.796. The molecular weight excluding hydrogens is 307 g/mol. The lowest BCUT2D eigenvalue weighted by Gasteiger charge is -2.20.